The van der Waals surface area contributed by atoms with E-state index in [1.807, 2.05) is 13.8 Å². The summed E-state index contributed by atoms with van der Waals surface area (Å²) in [4.78, 5) is 16.3. The zero-order chi connectivity index (χ0) is 16.8. The van der Waals surface area contributed by atoms with Gasteiger partial charge in [0, 0.05) is 32.1 Å². The zero-order valence-electron chi connectivity index (χ0n) is 15.6. The molecule has 0 aliphatic rings. The maximum atomic E-state index is 11.6. The van der Waals surface area contributed by atoms with Crippen molar-refractivity contribution in [1.82, 2.24) is 16.0 Å². The minimum atomic E-state index is 0. The number of rotatable bonds is 11. The number of nitrogens with zero attached hydrogens (tertiary/aromatic N) is 1. The van der Waals surface area contributed by atoms with Crippen LogP contribution in [0.5, 0.6) is 0 Å². The minimum Gasteiger partial charge on any atom is -0.357 e. The fourth-order valence-electron chi connectivity index (χ4n) is 2.17. The third-order valence-corrected chi connectivity index (χ3v) is 3.49. The molecule has 0 spiro atoms. The first-order valence-corrected chi connectivity index (χ1v) is 8.84. The average molecular weight is 440 g/mol. The number of carbonyl (C=O) groups is 1. The number of guanidine groups is 1. The standard InChI is InChI=1S/C17H36N4O.HI/c1-6-9-10-15(7-2)13-20-17(18-8-3)19-12-11-16(22)21-14(4)5;/h14-15H,6-13H2,1-5H3,(H,21,22)(H2,18,19,20);1H. The van der Waals surface area contributed by atoms with Gasteiger partial charge in [0.25, 0.3) is 0 Å². The highest BCUT2D eigenvalue weighted by atomic mass is 127. The van der Waals surface area contributed by atoms with Crippen LogP contribution in [0.3, 0.4) is 0 Å². The Kier molecular flexibility index (Phi) is 17.6. The number of unbranched alkanes of at least 4 members (excludes halogenated alkanes) is 1. The normalized spacial score (nSPS) is 12.5. The first kappa shape index (κ1) is 24.7. The molecule has 0 fully saturated rings. The van der Waals surface area contributed by atoms with Gasteiger partial charge in [-0.2, -0.15) is 0 Å². The van der Waals surface area contributed by atoms with E-state index in [4.69, 9.17) is 0 Å². The van der Waals surface area contributed by atoms with Gasteiger partial charge in [0.2, 0.25) is 5.91 Å². The van der Waals surface area contributed by atoms with Gasteiger partial charge in [0.15, 0.2) is 5.96 Å². The van der Waals surface area contributed by atoms with Crippen molar-refractivity contribution >= 4 is 35.8 Å². The summed E-state index contributed by atoms with van der Waals surface area (Å²) in [5.74, 6) is 1.54. The lowest BCUT2D eigenvalue weighted by Gasteiger charge is -2.15. The molecule has 1 unspecified atom stereocenters. The molecule has 0 aromatic rings. The third-order valence-electron chi connectivity index (χ3n) is 3.49. The SMILES string of the molecule is CCCCC(CC)CN=C(NCC)NCCC(=O)NC(C)C.I. The van der Waals surface area contributed by atoms with Crippen LogP contribution in [0.25, 0.3) is 0 Å². The van der Waals surface area contributed by atoms with Crippen molar-refractivity contribution in [2.75, 3.05) is 19.6 Å². The van der Waals surface area contributed by atoms with Crippen LogP contribution in [-0.2, 0) is 4.79 Å². The van der Waals surface area contributed by atoms with Crippen LogP contribution in [-0.4, -0.2) is 37.5 Å². The Morgan fingerprint density at radius 3 is 2.35 bits per heavy atom. The van der Waals surface area contributed by atoms with Crippen molar-refractivity contribution in [3.63, 3.8) is 0 Å². The van der Waals surface area contributed by atoms with Gasteiger partial charge in [-0.15, -0.1) is 24.0 Å². The monoisotopic (exact) mass is 440 g/mol. The largest absolute Gasteiger partial charge is 0.357 e. The van der Waals surface area contributed by atoms with Crippen molar-refractivity contribution < 1.29 is 4.79 Å². The molecular formula is C17H37IN4O. The van der Waals surface area contributed by atoms with E-state index in [-0.39, 0.29) is 35.9 Å². The number of nitrogens with one attached hydrogen (secondary N) is 3. The summed E-state index contributed by atoms with van der Waals surface area (Å²) in [7, 11) is 0. The summed E-state index contributed by atoms with van der Waals surface area (Å²) in [5, 5.41) is 9.37. The van der Waals surface area contributed by atoms with Crippen LogP contribution in [0.1, 0.15) is 66.7 Å². The number of hydrogen-bond acceptors (Lipinski definition) is 2. The molecule has 1 amide bonds. The number of carbonyl (C=O) groups excluding carboxylic acids is 1. The van der Waals surface area contributed by atoms with Crippen LogP contribution < -0.4 is 16.0 Å². The summed E-state index contributed by atoms with van der Waals surface area (Å²) in [6, 6.07) is 0.193. The summed E-state index contributed by atoms with van der Waals surface area (Å²) in [6.45, 7) is 12.7. The number of aliphatic imine (C=N–C) groups is 1. The van der Waals surface area contributed by atoms with Crippen molar-refractivity contribution in [2.24, 2.45) is 10.9 Å². The zero-order valence-corrected chi connectivity index (χ0v) is 17.9. The quantitative estimate of drug-likeness (QED) is 0.263. The molecule has 0 saturated carbocycles. The molecule has 3 N–H and O–H groups in total. The molecule has 23 heavy (non-hydrogen) atoms. The second kappa shape index (κ2) is 16.3. The summed E-state index contributed by atoms with van der Waals surface area (Å²) in [6.07, 6.45) is 5.39. The molecule has 0 aromatic carbocycles. The summed E-state index contributed by atoms with van der Waals surface area (Å²) < 4.78 is 0. The maximum Gasteiger partial charge on any atom is 0.221 e. The van der Waals surface area contributed by atoms with E-state index in [1.54, 1.807) is 0 Å². The number of amides is 1. The Bertz CT molecular complexity index is 322. The first-order chi connectivity index (χ1) is 10.5. The Hall–Kier alpha value is -0.530. The smallest absolute Gasteiger partial charge is 0.221 e. The highest BCUT2D eigenvalue weighted by molar-refractivity contribution is 14.0. The Morgan fingerprint density at radius 1 is 1.13 bits per heavy atom. The fourth-order valence-corrected chi connectivity index (χ4v) is 2.17. The molecule has 0 aromatic heterocycles. The molecule has 0 aliphatic carbocycles. The molecule has 0 rings (SSSR count). The lowest BCUT2D eigenvalue weighted by Crippen LogP contribution is -2.40. The van der Waals surface area contributed by atoms with E-state index in [2.05, 4.69) is 41.7 Å². The third kappa shape index (κ3) is 14.8. The van der Waals surface area contributed by atoms with Gasteiger partial charge >= 0.3 is 0 Å². The van der Waals surface area contributed by atoms with Crippen molar-refractivity contribution in [1.29, 1.82) is 0 Å². The second-order valence-corrected chi connectivity index (χ2v) is 6.04. The van der Waals surface area contributed by atoms with E-state index in [1.165, 1.54) is 25.7 Å². The second-order valence-electron chi connectivity index (χ2n) is 6.04. The molecule has 138 valence electrons. The van der Waals surface area contributed by atoms with Crippen LogP contribution in [0.4, 0.5) is 0 Å². The molecule has 6 heteroatoms. The molecule has 5 nitrogen and oxygen atoms in total. The minimum absolute atomic E-state index is 0. The Morgan fingerprint density at radius 2 is 1.83 bits per heavy atom. The first-order valence-electron chi connectivity index (χ1n) is 8.84. The van der Waals surface area contributed by atoms with Gasteiger partial charge in [-0.3, -0.25) is 9.79 Å². The van der Waals surface area contributed by atoms with Gasteiger partial charge in [-0.25, -0.2) is 0 Å². The Balaban J connectivity index is 0. The van der Waals surface area contributed by atoms with Gasteiger partial charge < -0.3 is 16.0 Å². The highest BCUT2D eigenvalue weighted by Gasteiger charge is 2.07. The van der Waals surface area contributed by atoms with Crippen molar-refractivity contribution in [3.8, 4) is 0 Å². The summed E-state index contributed by atoms with van der Waals surface area (Å²) in [5.41, 5.74) is 0. The lowest BCUT2D eigenvalue weighted by atomic mass is 10.00. The molecule has 0 aliphatic heterocycles. The van der Waals surface area contributed by atoms with E-state index in [9.17, 15) is 4.79 Å². The number of halogens is 1. The van der Waals surface area contributed by atoms with Gasteiger partial charge in [-0.05, 0) is 33.1 Å². The predicted molar refractivity (Wildman–Crippen MR) is 111 cm³/mol. The maximum absolute atomic E-state index is 11.6. The van der Waals surface area contributed by atoms with Crippen LogP contribution >= 0.6 is 24.0 Å². The summed E-state index contributed by atoms with van der Waals surface area (Å²) >= 11 is 0. The van der Waals surface area contributed by atoms with Crippen molar-refractivity contribution in [2.45, 2.75) is 72.8 Å². The van der Waals surface area contributed by atoms with Gasteiger partial charge in [-0.1, -0.05) is 33.1 Å². The van der Waals surface area contributed by atoms with Gasteiger partial charge in [0.05, 0.1) is 0 Å². The van der Waals surface area contributed by atoms with Crippen LogP contribution in [0.2, 0.25) is 0 Å². The molecule has 0 heterocycles. The lowest BCUT2D eigenvalue weighted by molar-refractivity contribution is -0.121. The van der Waals surface area contributed by atoms with E-state index < -0.39 is 0 Å². The highest BCUT2D eigenvalue weighted by Crippen LogP contribution is 2.12. The fraction of sp³-hybridized carbons (Fsp3) is 0.882. The number of hydrogen-bond donors (Lipinski definition) is 3. The van der Waals surface area contributed by atoms with Crippen molar-refractivity contribution in [3.05, 3.63) is 0 Å². The van der Waals surface area contributed by atoms with E-state index in [0.717, 1.165) is 19.0 Å². The van der Waals surface area contributed by atoms with Gasteiger partial charge in [0.1, 0.15) is 0 Å². The average Bonchev–Trinajstić information content (AvgIpc) is 2.46. The Labute approximate surface area is 159 Å². The molecular weight excluding hydrogens is 403 g/mol. The van der Waals surface area contributed by atoms with Crippen LogP contribution in [0, 0.1) is 5.92 Å². The van der Waals surface area contributed by atoms with E-state index in [0.29, 0.717) is 18.9 Å². The van der Waals surface area contributed by atoms with Crippen LogP contribution in [0.15, 0.2) is 4.99 Å². The molecule has 0 bridgehead atoms. The predicted octanol–water partition coefficient (Wildman–Crippen LogP) is 3.29. The van der Waals surface area contributed by atoms with E-state index >= 15 is 0 Å². The molecule has 0 radical (unpaired) electrons. The topological polar surface area (TPSA) is 65.5 Å². The molecule has 0 saturated heterocycles. The molecule has 1 atom stereocenters.